The maximum atomic E-state index is 13.2. The van der Waals surface area contributed by atoms with Crippen molar-refractivity contribution < 1.29 is 13.2 Å². The van der Waals surface area contributed by atoms with Crippen molar-refractivity contribution in [3.8, 4) is 0 Å². The zero-order chi connectivity index (χ0) is 16.6. The predicted molar refractivity (Wildman–Crippen MR) is 80.0 cm³/mol. The van der Waals surface area contributed by atoms with E-state index in [0.717, 1.165) is 30.9 Å². The van der Waals surface area contributed by atoms with Gasteiger partial charge in [-0.05, 0) is 24.1 Å². The normalized spacial score (nSPS) is 13.8. The Kier molecular flexibility index (Phi) is 3.97. The van der Waals surface area contributed by atoms with Crippen LogP contribution < -0.4 is 15.9 Å². The van der Waals surface area contributed by atoms with Crippen LogP contribution in [0.1, 0.15) is 12.0 Å². The van der Waals surface area contributed by atoms with Gasteiger partial charge in [-0.1, -0.05) is 0 Å². The molecule has 1 aromatic heterocycles. The lowest BCUT2D eigenvalue weighted by Gasteiger charge is -2.28. The number of fused-ring (bicyclic) bond motifs is 1. The summed E-state index contributed by atoms with van der Waals surface area (Å²) in [6.07, 6.45) is 0.867. The first kappa shape index (κ1) is 15.4. The summed E-state index contributed by atoms with van der Waals surface area (Å²) < 4.78 is 40.9. The Morgan fingerprint density at radius 1 is 1.17 bits per heavy atom. The summed E-state index contributed by atoms with van der Waals surface area (Å²) in [5, 5.41) is 2.84. The average molecular weight is 324 g/mol. The molecule has 0 aliphatic carbocycles. The van der Waals surface area contributed by atoms with Gasteiger partial charge in [-0.25, -0.2) is 18.0 Å². The highest BCUT2D eigenvalue weighted by Gasteiger charge is 2.16. The van der Waals surface area contributed by atoms with E-state index < -0.39 is 17.5 Å². The van der Waals surface area contributed by atoms with Crippen LogP contribution in [-0.2, 0) is 13.1 Å². The highest BCUT2D eigenvalue weighted by molar-refractivity contribution is 5.50. The summed E-state index contributed by atoms with van der Waals surface area (Å²) in [4.78, 5) is 17.9. The molecule has 1 aromatic carbocycles. The van der Waals surface area contributed by atoms with Crippen molar-refractivity contribution in [3.63, 3.8) is 0 Å². The van der Waals surface area contributed by atoms with Gasteiger partial charge in [-0.2, -0.15) is 4.98 Å². The van der Waals surface area contributed by atoms with Gasteiger partial charge >= 0.3 is 5.69 Å². The summed E-state index contributed by atoms with van der Waals surface area (Å²) >= 11 is 0. The minimum absolute atomic E-state index is 0.0216. The predicted octanol–water partition coefficient (Wildman–Crippen LogP) is 2.11. The van der Waals surface area contributed by atoms with Crippen LogP contribution in [0.15, 0.2) is 23.0 Å². The molecule has 2 aromatic rings. The van der Waals surface area contributed by atoms with Gasteiger partial charge in [0.05, 0.1) is 0 Å². The lowest BCUT2D eigenvalue weighted by atomic mass is 10.2. The summed E-state index contributed by atoms with van der Waals surface area (Å²) in [6.45, 7) is 1.46. The second-order valence-corrected chi connectivity index (χ2v) is 5.44. The van der Waals surface area contributed by atoms with Gasteiger partial charge in [-0.3, -0.25) is 4.57 Å². The maximum absolute atomic E-state index is 13.2. The van der Waals surface area contributed by atoms with E-state index in [9.17, 15) is 18.0 Å². The average Bonchev–Trinajstić information content (AvgIpc) is 2.51. The van der Waals surface area contributed by atoms with E-state index in [2.05, 4.69) is 10.3 Å². The van der Waals surface area contributed by atoms with Gasteiger partial charge in [0.1, 0.15) is 11.6 Å². The molecule has 0 saturated heterocycles. The molecule has 1 aliphatic heterocycles. The summed E-state index contributed by atoms with van der Waals surface area (Å²) in [5.74, 6) is -2.96. The molecule has 0 radical (unpaired) electrons. The lowest BCUT2D eigenvalue weighted by molar-refractivity contribution is 0.445. The molecule has 0 amide bonds. The minimum atomic E-state index is -1.50. The molecule has 5 nitrogen and oxygen atoms in total. The quantitative estimate of drug-likeness (QED) is 0.879. The standard InChI is InChI=1S/C15H15F3N4O/c1-21-3-2-4-22-13(21)7-12(20-15(22)23)19-8-9-5-10(16)14(18)11(17)6-9/h5-7H,2-4,8H2,1H3,(H,19,20,23). The van der Waals surface area contributed by atoms with Crippen molar-refractivity contribution in [2.45, 2.75) is 19.5 Å². The second-order valence-electron chi connectivity index (χ2n) is 5.44. The van der Waals surface area contributed by atoms with Crippen molar-refractivity contribution in [2.75, 3.05) is 23.8 Å². The van der Waals surface area contributed by atoms with Crippen molar-refractivity contribution in [3.05, 3.63) is 51.7 Å². The molecule has 8 heteroatoms. The molecule has 0 atom stereocenters. The molecule has 2 heterocycles. The number of rotatable bonds is 3. The Hall–Kier alpha value is -2.51. The molecule has 1 N–H and O–H groups in total. The molecular formula is C15H15F3N4O. The molecule has 23 heavy (non-hydrogen) atoms. The van der Waals surface area contributed by atoms with Crippen LogP contribution in [0.5, 0.6) is 0 Å². The van der Waals surface area contributed by atoms with Gasteiger partial charge in [0, 0.05) is 32.7 Å². The summed E-state index contributed by atoms with van der Waals surface area (Å²) in [6, 6.07) is 3.52. The SMILES string of the molecule is CN1CCCn2c1cc(NCc1cc(F)c(F)c(F)c1)nc2=O. The van der Waals surface area contributed by atoms with Crippen LogP contribution >= 0.6 is 0 Å². The molecule has 0 saturated carbocycles. The molecule has 0 unspecified atom stereocenters. The third-order valence-corrected chi connectivity index (χ3v) is 3.77. The fourth-order valence-electron chi connectivity index (χ4n) is 2.59. The molecule has 3 rings (SSSR count). The van der Waals surface area contributed by atoms with E-state index in [1.807, 2.05) is 11.9 Å². The van der Waals surface area contributed by atoms with Crippen LogP contribution in [0.25, 0.3) is 0 Å². The number of nitrogens with one attached hydrogen (secondary N) is 1. The first-order valence-corrected chi connectivity index (χ1v) is 7.16. The Labute approximate surface area is 130 Å². The number of halogens is 3. The van der Waals surface area contributed by atoms with Crippen LogP contribution in [0.2, 0.25) is 0 Å². The minimum Gasteiger partial charge on any atom is -0.366 e. The van der Waals surface area contributed by atoms with E-state index in [1.54, 1.807) is 10.6 Å². The number of hydrogen-bond donors (Lipinski definition) is 1. The zero-order valence-corrected chi connectivity index (χ0v) is 12.4. The van der Waals surface area contributed by atoms with Crippen LogP contribution in [0.4, 0.5) is 24.8 Å². The van der Waals surface area contributed by atoms with Crippen molar-refractivity contribution in [2.24, 2.45) is 0 Å². The molecule has 0 bridgehead atoms. The van der Waals surface area contributed by atoms with Crippen molar-refractivity contribution in [1.82, 2.24) is 9.55 Å². The first-order valence-electron chi connectivity index (χ1n) is 7.16. The van der Waals surface area contributed by atoms with E-state index in [1.165, 1.54) is 0 Å². The fraction of sp³-hybridized carbons (Fsp3) is 0.333. The topological polar surface area (TPSA) is 50.2 Å². The van der Waals surface area contributed by atoms with Gasteiger partial charge in [0.2, 0.25) is 0 Å². The number of anilines is 2. The van der Waals surface area contributed by atoms with Crippen molar-refractivity contribution >= 4 is 11.6 Å². The van der Waals surface area contributed by atoms with E-state index in [4.69, 9.17) is 0 Å². The Balaban J connectivity index is 1.83. The largest absolute Gasteiger partial charge is 0.366 e. The number of benzene rings is 1. The van der Waals surface area contributed by atoms with E-state index in [-0.39, 0.29) is 17.8 Å². The smallest absolute Gasteiger partial charge is 0.351 e. The first-order chi connectivity index (χ1) is 11.0. The molecule has 122 valence electrons. The summed E-state index contributed by atoms with van der Waals surface area (Å²) in [7, 11) is 1.87. The van der Waals surface area contributed by atoms with Crippen LogP contribution in [0.3, 0.4) is 0 Å². The monoisotopic (exact) mass is 324 g/mol. The second kappa shape index (κ2) is 5.94. The van der Waals surface area contributed by atoms with E-state index in [0.29, 0.717) is 12.4 Å². The maximum Gasteiger partial charge on any atom is 0.351 e. The van der Waals surface area contributed by atoms with E-state index >= 15 is 0 Å². The lowest BCUT2D eigenvalue weighted by Crippen LogP contribution is -2.36. The highest BCUT2D eigenvalue weighted by atomic mass is 19.2. The number of hydrogen-bond acceptors (Lipinski definition) is 4. The Morgan fingerprint density at radius 2 is 1.87 bits per heavy atom. The van der Waals surface area contributed by atoms with Gasteiger partial charge < -0.3 is 10.2 Å². The van der Waals surface area contributed by atoms with Crippen LogP contribution in [0, 0.1) is 17.5 Å². The van der Waals surface area contributed by atoms with Gasteiger partial charge in [0.25, 0.3) is 0 Å². The Morgan fingerprint density at radius 3 is 2.57 bits per heavy atom. The third kappa shape index (κ3) is 3.01. The van der Waals surface area contributed by atoms with Crippen molar-refractivity contribution in [1.29, 1.82) is 0 Å². The van der Waals surface area contributed by atoms with Gasteiger partial charge in [0.15, 0.2) is 17.5 Å². The van der Waals surface area contributed by atoms with Crippen LogP contribution in [-0.4, -0.2) is 23.1 Å². The van der Waals surface area contributed by atoms with Gasteiger partial charge in [-0.15, -0.1) is 0 Å². The summed E-state index contributed by atoms with van der Waals surface area (Å²) in [5.41, 5.74) is -0.164. The molecular weight excluding hydrogens is 309 g/mol. The molecule has 1 aliphatic rings. The highest BCUT2D eigenvalue weighted by Crippen LogP contribution is 2.20. The molecule has 0 fully saturated rings. The third-order valence-electron chi connectivity index (χ3n) is 3.77. The fourth-order valence-corrected chi connectivity index (χ4v) is 2.59. The number of nitrogens with zero attached hydrogens (tertiary/aromatic N) is 3. The Bertz CT molecular complexity index is 783. The number of aromatic nitrogens is 2. The molecule has 0 spiro atoms. The zero-order valence-electron chi connectivity index (χ0n) is 12.4.